The van der Waals surface area contributed by atoms with Crippen LogP contribution in [-0.2, 0) is 6.54 Å². The van der Waals surface area contributed by atoms with Gasteiger partial charge in [0.2, 0.25) is 0 Å². The van der Waals surface area contributed by atoms with Crippen LogP contribution in [0.4, 0.5) is 10.1 Å². The number of halogens is 1. The third-order valence-electron chi connectivity index (χ3n) is 6.48. The molecule has 1 aliphatic rings. The Balaban J connectivity index is 1.32. The standard InChI is InChI=1S/C29H26FN5O2/c1-31-24-6-7-27(30)26(14-24)23-5-8-28(36)35(18-23)17-21-3-2-4-22(13-21)29-33-15-25(16-34-29)37-19-20-9-11-32-12-10-20/h2-8,13-16,18,20,32H,9-12,17,19H2. The molecular weight excluding hydrogens is 469 g/mol. The van der Waals surface area contributed by atoms with Gasteiger partial charge in [-0.1, -0.05) is 24.3 Å². The Morgan fingerprint density at radius 2 is 1.86 bits per heavy atom. The van der Waals surface area contributed by atoms with Crippen molar-refractivity contribution in [3.05, 3.63) is 106 Å². The van der Waals surface area contributed by atoms with Crippen molar-refractivity contribution in [2.75, 3.05) is 19.7 Å². The Morgan fingerprint density at radius 3 is 2.65 bits per heavy atom. The van der Waals surface area contributed by atoms with Gasteiger partial charge >= 0.3 is 0 Å². The quantitative estimate of drug-likeness (QED) is 0.362. The predicted molar refractivity (Wildman–Crippen MR) is 140 cm³/mol. The Kier molecular flexibility index (Phi) is 7.33. The number of ether oxygens (including phenoxy) is 1. The summed E-state index contributed by atoms with van der Waals surface area (Å²) in [5.74, 6) is 1.32. The van der Waals surface area contributed by atoms with Crippen molar-refractivity contribution >= 4 is 5.69 Å². The zero-order valence-corrected chi connectivity index (χ0v) is 20.2. The molecule has 0 spiro atoms. The van der Waals surface area contributed by atoms with E-state index in [1.165, 1.54) is 28.8 Å². The van der Waals surface area contributed by atoms with Gasteiger partial charge in [-0.15, -0.1) is 0 Å². The highest BCUT2D eigenvalue weighted by Crippen LogP contribution is 2.27. The maximum absolute atomic E-state index is 14.4. The third kappa shape index (κ3) is 5.90. The highest BCUT2D eigenvalue weighted by Gasteiger charge is 2.14. The van der Waals surface area contributed by atoms with Gasteiger partial charge in [-0.25, -0.2) is 19.2 Å². The molecule has 2 aromatic carbocycles. The lowest BCUT2D eigenvalue weighted by Crippen LogP contribution is -2.30. The van der Waals surface area contributed by atoms with Crippen LogP contribution in [-0.4, -0.2) is 34.2 Å². The average molecular weight is 496 g/mol. The molecule has 0 bridgehead atoms. The van der Waals surface area contributed by atoms with E-state index in [1.54, 1.807) is 24.7 Å². The monoisotopic (exact) mass is 495 g/mol. The first-order valence-corrected chi connectivity index (χ1v) is 12.2. The van der Waals surface area contributed by atoms with Gasteiger partial charge in [0.15, 0.2) is 17.3 Å². The molecule has 0 atom stereocenters. The van der Waals surface area contributed by atoms with Gasteiger partial charge < -0.3 is 14.6 Å². The molecule has 4 aromatic rings. The zero-order chi connectivity index (χ0) is 25.6. The first kappa shape index (κ1) is 24.3. The second-order valence-electron chi connectivity index (χ2n) is 9.11. The van der Waals surface area contributed by atoms with E-state index in [9.17, 15) is 9.18 Å². The van der Waals surface area contributed by atoms with Crippen LogP contribution in [0, 0.1) is 18.3 Å². The third-order valence-corrected chi connectivity index (χ3v) is 6.48. The number of piperidine rings is 1. The highest BCUT2D eigenvalue weighted by molar-refractivity contribution is 5.68. The molecule has 0 amide bonds. The van der Waals surface area contributed by atoms with Crippen LogP contribution < -0.4 is 15.6 Å². The summed E-state index contributed by atoms with van der Waals surface area (Å²) >= 11 is 0. The number of nitrogens with one attached hydrogen (secondary N) is 1. The Hall–Kier alpha value is -4.35. The fraction of sp³-hybridized carbons (Fsp3) is 0.241. The molecule has 0 radical (unpaired) electrons. The largest absolute Gasteiger partial charge is 0.490 e. The minimum absolute atomic E-state index is 0.206. The number of hydrogen-bond acceptors (Lipinski definition) is 5. The smallest absolute Gasteiger partial charge is 0.250 e. The van der Waals surface area contributed by atoms with Crippen LogP contribution in [0.2, 0.25) is 0 Å². The van der Waals surface area contributed by atoms with E-state index < -0.39 is 5.82 Å². The summed E-state index contributed by atoms with van der Waals surface area (Å²) in [7, 11) is 0. The lowest BCUT2D eigenvalue weighted by atomic mass is 9.99. The van der Waals surface area contributed by atoms with Crippen LogP contribution >= 0.6 is 0 Å². The van der Waals surface area contributed by atoms with Crippen molar-refractivity contribution in [3.63, 3.8) is 0 Å². The minimum atomic E-state index is -0.445. The second-order valence-corrected chi connectivity index (χ2v) is 9.11. The SMILES string of the molecule is [C-]#[N+]c1ccc(F)c(-c2ccc(=O)n(Cc3cccc(-c4ncc(OCC5CCNCC5)cn4)c3)c2)c1. The number of hydrogen-bond donors (Lipinski definition) is 1. The summed E-state index contributed by atoms with van der Waals surface area (Å²) in [5, 5.41) is 3.35. The van der Waals surface area contributed by atoms with Gasteiger partial charge in [-0.2, -0.15) is 0 Å². The molecule has 5 rings (SSSR count). The maximum Gasteiger partial charge on any atom is 0.250 e. The number of benzene rings is 2. The van der Waals surface area contributed by atoms with E-state index in [4.69, 9.17) is 11.3 Å². The van der Waals surface area contributed by atoms with Crippen LogP contribution in [0.5, 0.6) is 5.75 Å². The fourth-order valence-electron chi connectivity index (χ4n) is 4.43. The summed E-state index contributed by atoms with van der Waals surface area (Å²) in [6.45, 7) is 10.2. The molecule has 1 aliphatic heterocycles. The van der Waals surface area contributed by atoms with Crippen molar-refractivity contribution in [2.45, 2.75) is 19.4 Å². The summed E-state index contributed by atoms with van der Waals surface area (Å²) in [6.07, 6.45) is 7.22. The first-order chi connectivity index (χ1) is 18.1. The van der Waals surface area contributed by atoms with E-state index in [0.717, 1.165) is 37.1 Å². The summed E-state index contributed by atoms with van der Waals surface area (Å²) in [5.41, 5.74) is 2.64. The van der Waals surface area contributed by atoms with Crippen LogP contribution in [0.1, 0.15) is 18.4 Å². The number of aromatic nitrogens is 3. The molecular formula is C29H26FN5O2. The van der Waals surface area contributed by atoms with Crippen molar-refractivity contribution in [1.82, 2.24) is 19.9 Å². The van der Waals surface area contributed by atoms with E-state index in [0.29, 0.717) is 41.9 Å². The van der Waals surface area contributed by atoms with E-state index in [2.05, 4.69) is 20.1 Å². The molecule has 1 saturated heterocycles. The van der Waals surface area contributed by atoms with E-state index in [1.807, 2.05) is 24.3 Å². The second kappa shape index (κ2) is 11.1. The summed E-state index contributed by atoms with van der Waals surface area (Å²) in [4.78, 5) is 24.9. The molecule has 0 saturated carbocycles. The van der Waals surface area contributed by atoms with Gasteiger partial charge in [0.05, 0.1) is 32.1 Å². The van der Waals surface area contributed by atoms with Gasteiger partial charge in [-0.3, -0.25) is 4.79 Å². The minimum Gasteiger partial charge on any atom is -0.490 e. The van der Waals surface area contributed by atoms with Crippen molar-refractivity contribution in [1.29, 1.82) is 0 Å². The van der Waals surface area contributed by atoms with E-state index in [-0.39, 0.29) is 11.1 Å². The Morgan fingerprint density at radius 1 is 1.05 bits per heavy atom. The average Bonchev–Trinajstić information content (AvgIpc) is 2.94. The van der Waals surface area contributed by atoms with Gasteiger partial charge in [0.25, 0.3) is 5.56 Å². The lowest BCUT2D eigenvalue weighted by Gasteiger charge is -2.22. The summed E-state index contributed by atoms with van der Waals surface area (Å²) in [6, 6.07) is 14.8. The molecule has 1 N–H and O–H groups in total. The van der Waals surface area contributed by atoms with Crippen molar-refractivity contribution < 1.29 is 9.13 Å². The zero-order valence-electron chi connectivity index (χ0n) is 20.2. The summed E-state index contributed by atoms with van der Waals surface area (Å²) < 4.78 is 21.9. The molecule has 37 heavy (non-hydrogen) atoms. The Labute approximate surface area is 214 Å². The van der Waals surface area contributed by atoms with E-state index >= 15 is 0 Å². The molecule has 0 unspecified atom stereocenters. The van der Waals surface area contributed by atoms with Crippen molar-refractivity contribution in [3.8, 4) is 28.3 Å². The highest BCUT2D eigenvalue weighted by atomic mass is 19.1. The first-order valence-electron chi connectivity index (χ1n) is 12.2. The number of pyridine rings is 1. The molecule has 186 valence electrons. The van der Waals surface area contributed by atoms with Crippen LogP contribution in [0.15, 0.2) is 78.0 Å². The fourth-order valence-corrected chi connectivity index (χ4v) is 4.43. The molecule has 1 fully saturated rings. The molecule has 7 nitrogen and oxygen atoms in total. The van der Waals surface area contributed by atoms with Crippen LogP contribution in [0.3, 0.4) is 0 Å². The molecule has 3 heterocycles. The molecule has 8 heteroatoms. The van der Waals surface area contributed by atoms with Crippen molar-refractivity contribution in [2.24, 2.45) is 5.92 Å². The van der Waals surface area contributed by atoms with Crippen LogP contribution in [0.25, 0.3) is 27.4 Å². The maximum atomic E-state index is 14.4. The Bertz CT molecular complexity index is 1490. The molecule has 0 aliphatic carbocycles. The van der Waals surface area contributed by atoms with Gasteiger partial charge in [0.1, 0.15) is 5.82 Å². The molecule has 2 aromatic heterocycles. The normalized spacial score (nSPS) is 13.7. The van der Waals surface area contributed by atoms with Gasteiger partial charge in [-0.05, 0) is 67.2 Å². The van der Waals surface area contributed by atoms with Gasteiger partial charge in [0, 0.05) is 23.4 Å². The number of rotatable bonds is 7. The lowest BCUT2D eigenvalue weighted by molar-refractivity contribution is 0.214. The predicted octanol–water partition coefficient (Wildman–Crippen LogP) is 5.09. The number of nitrogens with zero attached hydrogens (tertiary/aromatic N) is 4. The topological polar surface area (TPSA) is 73.4 Å².